The van der Waals surface area contributed by atoms with Crippen molar-refractivity contribution >= 4 is 23.1 Å². The van der Waals surface area contributed by atoms with Crippen LogP contribution in [0.25, 0.3) is 5.76 Å². The third-order valence-electron chi connectivity index (χ3n) is 6.59. The van der Waals surface area contributed by atoms with Crippen LogP contribution in [0.5, 0.6) is 11.5 Å². The lowest BCUT2D eigenvalue weighted by Crippen LogP contribution is -2.29. The highest BCUT2D eigenvalue weighted by Crippen LogP contribution is 2.41. The van der Waals surface area contributed by atoms with Crippen molar-refractivity contribution in [3.63, 3.8) is 0 Å². The second kappa shape index (κ2) is 11.2. The smallest absolute Gasteiger partial charge is 0.296 e. The van der Waals surface area contributed by atoms with Crippen LogP contribution in [0.1, 0.15) is 36.7 Å². The molecule has 8 nitrogen and oxygen atoms in total. The zero-order valence-electron chi connectivity index (χ0n) is 21.5. The van der Waals surface area contributed by atoms with Gasteiger partial charge in [-0.3, -0.25) is 14.6 Å². The van der Waals surface area contributed by atoms with E-state index in [-0.39, 0.29) is 17.9 Å². The fraction of sp³-hybridized carbons (Fsp3) is 0.276. The van der Waals surface area contributed by atoms with Gasteiger partial charge in [-0.05, 0) is 61.9 Å². The number of aliphatic hydroxyl groups is 1. The third-order valence-corrected chi connectivity index (χ3v) is 6.59. The Morgan fingerprint density at radius 1 is 0.973 bits per heavy atom. The standard InChI is InChI=1S/C29H31N3O5/c1-5-31(6-2)22-13-10-19(11-14-22)26-25(27(33)20-12-15-23(36-3)24(17-20)37-4)28(34)29(35)32(26)18-21-9-7-8-16-30-21/h7-17,26,33H,5-6,18H2,1-4H3/b27-25-. The van der Waals surface area contributed by atoms with Crippen LogP contribution < -0.4 is 14.4 Å². The molecule has 1 fully saturated rings. The minimum atomic E-state index is -0.791. The Kier molecular flexibility index (Phi) is 7.77. The molecular formula is C29H31N3O5. The van der Waals surface area contributed by atoms with Gasteiger partial charge < -0.3 is 24.4 Å². The topological polar surface area (TPSA) is 92.2 Å². The second-order valence-corrected chi connectivity index (χ2v) is 8.58. The molecule has 1 unspecified atom stereocenters. The molecule has 0 bridgehead atoms. The highest BCUT2D eigenvalue weighted by Gasteiger charge is 2.46. The molecule has 192 valence electrons. The van der Waals surface area contributed by atoms with Gasteiger partial charge in [-0.1, -0.05) is 18.2 Å². The zero-order chi connectivity index (χ0) is 26.5. The number of aromatic nitrogens is 1. The van der Waals surface area contributed by atoms with Gasteiger partial charge in [-0.25, -0.2) is 0 Å². The summed E-state index contributed by atoms with van der Waals surface area (Å²) in [7, 11) is 3.01. The first-order chi connectivity index (χ1) is 17.9. The predicted octanol–water partition coefficient (Wildman–Crippen LogP) is 4.57. The summed E-state index contributed by atoms with van der Waals surface area (Å²) in [6, 6.07) is 17.2. The number of hydrogen-bond donors (Lipinski definition) is 1. The number of ether oxygens (including phenoxy) is 2. The maximum atomic E-state index is 13.4. The number of methoxy groups -OCH3 is 2. The van der Waals surface area contributed by atoms with E-state index >= 15 is 0 Å². The fourth-order valence-electron chi connectivity index (χ4n) is 4.65. The van der Waals surface area contributed by atoms with Crippen molar-refractivity contribution in [2.24, 2.45) is 0 Å². The molecule has 3 aromatic rings. The molecule has 0 saturated carbocycles. The second-order valence-electron chi connectivity index (χ2n) is 8.58. The number of anilines is 1. The van der Waals surface area contributed by atoms with Gasteiger partial charge in [0.2, 0.25) is 0 Å². The molecule has 37 heavy (non-hydrogen) atoms. The Morgan fingerprint density at radius 3 is 2.27 bits per heavy atom. The highest BCUT2D eigenvalue weighted by molar-refractivity contribution is 6.46. The molecule has 4 rings (SSSR count). The number of aliphatic hydroxyl groups excluding tert-OH is 1. The van der Waals surface area contributed by atoms with Crippen molar-refractivity contribution in [2.75, 3.05) is 32.2 Å². The highest BCUT2D eigenvalue weighted by atomic mass is 16.5. The SMILES string of the molecule is CCN(CC)c1ccc(C2/C(=C(/O)c3ccc(OC)c(OC)c3)C(=O)C(=O)N2Cc2ccccn2)cc1. The van der Waals surface area contributed by atoms with E-state index in [0.29, 0.717) is 28.3 Å². The van der Waals surface area contributed by atoms with Gasteiger partial charge in [-0.15, -0.1) is 0 Å². The molecule has 1 N–H and O–H groups in total. The average molecular weight is 502 g/mol. The largest absolute Gasteiger partial charge is 0.507 e. The maximum Gasteiger partial charge on any atom is 0.296 e. The molecule has 0 radical (unpaired) electrons. The summed E-state index contributed by atoms with van der Waals surface area (Å²) in [4.78, 5) is 34.6. The van der Waals surface area contributed by atoms with Crippen LogP contribution in [0.4, 0.5) is 5.69 Å². The van der Waals surface area contributed by atoms with Gasteiger partial charge >= 0.3 is 0 Å². The molecule has 0 spiro atoms. The molecule has 0 aliphatic carbocycles. The lowest BCUT2D eigenvalue weighted by molar-refractivity contribution is -0.140. The van der Waals surface area contributed by atoms with E-state index in [9.17, 15) is 14.7 Å². The number of carbonyl (C=O) groups excluding carboxylic acids is 2. The summed E-state index contributed by atoms with van der Waals surface area (Å²) in [6.45, 7) is 6.00. The van der Waals surface area contributed by atoms with Crippen LogP contribution in [-0.2, 0) is 16.1 Å². The molecule has 8 heteroatoms. The van der Waals surface area contributed by atoms with Crippen molar-refractivity contribution < 1.29 is 24.2 Å². The predicted molar refractivity (Wildman–Crippen MR) is 142 cm³/mol. The van der Waals surface area contributed by atoms with E-state index in [0.717, 1.165) is 18.8 Å². The van der Waals surface area contributed by atoms with Crippen LogP contribution in [0.3, 0.4) is 0 Å². The molecule has 1 aliphatic rings. The molecule has 2 aromatic carbocycles. The van der Waals surface area contributed by atoms with E-state index in [1.165, 1.54) is 19.1 Å². The zero-order valence-corrected chi connectivity index (χ0v) is 21.5. The molecule has 1 atom stereocenters. The first-order valence-electron chi connectivity index (χ1n) is 12.2. The number of hydrogen-bond acceptors (Lipinski definition) is 7. The van der Waals surface area contributed by atoms with E-state index in [1.54, 1.807) is 36.5 Å². The third kappa shape index (κ3) is 5.00. The summed E-state index contributed by atoms with van der Waals surface area (Å²) in [5.74, 6) is -0.834. The van der Waals surface area contributed by atoms with Crippen LogP contribution in [0.2, 0.25) is 0 Å². The van der Waals surface area contributed by atoms with E-state index in [1.807, 2.05) is 30.3 Å². The van der Waals surface area contributed by atoms with Crippen LogP contribution in [-0.4, -0.2) is 54.0 Å². The Balaban J connectivity index is 1.85. The number of nitrogens with zero attached hydrogens (tertiary/aromatic N) is 3. The maximum absolute atomic E-state index is 13.4. The van der Waals surface area contributed by atoms with Gasteiger partial charge in [-0.2, -0.15) is 0 Å². The van der Waals surface area contributed by atoms with Crippen molar-refractivity contribution in [2.45, 2.75) is 26.4 Å². The van der Waals surface area contributed by atoms with E-state index in [2.05, 4.69) is 23.7 Å². The van der Waals surface area contributed by atoms with Crippen molar-refractivity contribution in [3.8, 4) is 11.5 Å². The summed E-state index contributed by atoms with van der Waals surface area (Å²) in [6.07, 6.45) is 1.64. The van der Waals surface area contributed by atoms with E-state index in [4.69, 9.17) is 9.47 Å². The molecule has 1 aromatic heterocycles. The normalized spacial score (nSPS) is 16.6. The van der Waals surface area contributed by atoms with Crippen LogP contribution in [0.15, 0.2) is 72.4 Å². The lowest BCUT2D eigenvalue weighted by Gasteiger charge is -2.26. The van der Waals surface area contributed by atoms with E-state index < -0.39 is 17.7 Å². The van der Waals surface area contributed by atoms with Gasteiger partial charge in [0.05, 0.1) is 38.1 Å². The molecule has 1 aliphatic heterocycles. The van der Waals surface area contributed by atoms with Crippen molar-refractivity contribution in [1.82, 2.24) is 9.88 Å². The number of rotatable bonds is 9. The van der Waals surface area contributed by atoms with Crippen molar-refractivity contribution in [1.29, 1.82) is 0 Å². The first-order valence-corrected chi connectivity index (χ1v) is 12.2. The summed E-state index contributed by atoms with van der Waals surface area (Å²) in [5, 5.41) is 11.4. The summed E-state index contributed by atoms with van der Waals surface area (Å²) in [5.41, 5.74) is 2.76. The number of pyridine rings is 1. The average Bonchev–Trinajstić information content (AvgIpc) is 3.18. The molecule has 1 saturated heterocycles. The summed E-state index contributed by atoms with van der Waals surface area (Å²) >= 11 is 0. The minimum absolute atomic E-state index is 0.0174. The Hall–Kier alpha value is -4.33. The number of amides is 1. The lowest BCUT2D eigenvalue weighted by atomic mass is 9.95. The van der Waals surface area contributed by atoms with Gasteiger partial charge in [0.1, 0.15) is 5.76 Å². The number of Topliss-reactive ketones (excluding diaryl/α,β-unsaturated/α-hetero) is 1. The Labute approximate surface area is 216 Å². The number of likely N-dealkylation sites (tertiary alicyclic amines) is 1. The monoisotopic (exact) mass is 501 g/mol. The van der Waals surface area contributed by atoms with Crippen LogP contribution >= 0.6 is 0 Å². The van der Waals surface area contributed by atoms with Crippen LogP contribution in [0, 0.1) is 0 Å². The number of ketones is 1. The number of benzene rings is 2. The van der Waals surface area contributed by atoms with Gasteiger partial charge in [0.15, 0.2) is 11.5 Å². The first kappa shape index (κ1) is 25.8. The molecule has 2 heterocycles. The fourth-order valence-corrected chi connectivity index (χ4v) is 4.65. The minimum Gasteiger partial charge on any atom is -0.507 e. The quantitative estimate of drug-likeness (QED) is 0.261. The van der Waals surface area contributed by atoms with Gasteiger partial charge in [0.25, 0.3) is 11.7 Å². The Morgan fingerprint density at radius 2 is 1.68 bits per heavy atom. The molecule has 1 amide bonds. The molecular weight excluding hydrogens is 470 g/mol. The summed E-state index contributed by atoms with van der Waals surface area (Å²) < 4.78 is 10.7. The van der Waals surface area contributed by atoms with Gasteiger partial charge in [0, 0.05) is 30.5 Å². The number of carbonyl (C=O) groups is 2. The van der Waals surface area contributed by atoms with Crippen molar-refractivity contribution in [3.05, 3.63) is 89.3 Å². The Bertz CT molecular complexity index is 1300.